The number of nitrogens with one attached hydrogen (secondary N) is 1. The van der Waals surface area contributed by atoms with E-state index in [1.54, 1.807) is 13.1 Å². The zero-order valence-corrected chi connectivity index (χ0v) is 10.7. The lowest BCUT2D eigenvalue weighted by atomic mass is 10.0. The molecule has 19 heavy (non-hydrogen) atoms. The maximum Gasteiger partial charge on any atom is 0.419 e. The highest BCUT2D eigenvalue weighted by Crippen LogP contribution is 2.28. The molecule has 0 fully saturated rings. The summed E-state index contributed by atoms with van der Waals surface area (Å²) in [5.41, 5.74) is 10.7. The molecule has 2 heterocycles. The molecule has 0 bridgehead atoms. The predicted molar refractivity (Wildman–Crippen MR) is 71.7 cm³/mol. The third-order valence-corrected chi connectivity index (χ3v) is 3.30. The van der Waals surface area contributed by atoms with Gasteiger partial charge in [-0.25, -0.2) is 4.79 Å². The Morgan fingerprint density at radius 1 is 1.47 bits per heavy atom. The molecular formula is C13H14N4O2. The fraction of sp³-hybridized carbons (Fsp3) is 0.231. The minimum atomic E-state index is -0.366. The summed E-state index contributed by atoms with van der Waals surface area (Å²) < 4.78 is 6.60. The van der Waals surface area contributed by atoms with Crippen LogP contribution in [0.1, 0.15) is 11.4 Å². The van der Waals surface area contributed by atoms with Crippen molar-refractivity contribution in [3.63, 3.8) is 0 Å². The number of H-pyrrole nitrogens is 1. The first-order chi connectivity index (χ1) is 9.11. The molecule has 0 saturated carbocycles. The van der Waals surface area contributed by atoms with Gasteiger partial charge in [0.25, 0.3) is 0 Å². The number of benzene rings is 1. The average molecular weight is 258 g/mol. The van der Waals surface area contributed by atoms with Crippen LogP contribution >= 0.6 is 0 Å². The second-order valence-corrected chi connectivity index (χ2v) is 4.48. The number of nitrogens with zero attached hydrogens (tertiary/aromatic N) is 2. The van der Waals surface area contributed by atoms with Crippen LogP contribution in [0.5, 0.6) is 0 Å². The number of rotatable bonds is 2. The molecule has 0 unspecified atom stereocenters. The van der Waals surface area contributed by atoms with Gasteiger partial charge in [-0.15, -0.1) is 0 Å². The van der Waals surface area contributed by atoms with Crippen LogP contribution in [0.3, 0.4) is 0 Å². The molecule has 2 aromatic heterocycles. The molecule has 3 N–H and O–H groups in total. The lowest BCUT2D eigenvalue weighted by Gasteiger charge is -2.03. The molecule has 3 aromatic rings. The summed E-state index contributed by atoms with van der Waals surface area (Å²) >= 11 is 0. The summed E-state index contributed by atoms with van der Waals surface area (Å²) in [6.07, 6.45) is 0. The van der Waals surface area contributed by atoms with Crippen LogP contribution < -0.4 is 11.5 Å². The molecule has 6 nitrogen and oxygen atoms in total. The Morgan fingerprint density at radius 2 is 2.26 bits per heavy atom. The Kier molecular flexibility index (Phi) is 2.53. The maximum absolute atomic E-state index is 11.5. The van der Waals surface area contributed by atoms with Gasteiger partial charge in [0, 0.05) is 24.8 Å². The molecule has 0 saturated heterocycles. The number of aryl methyl sites for hydroxylation is 2. The zero-order valence-electron chi connectivity index (χ0n) is 10.7. The van der Waals surface area contributed by atoms with Gasteiger partial charge in [0.2, 0.25) is 0 Å². The monoisotopic (exact) mass is 258 g/mol. The summed E-state index contributed by atoms with van der Waals surface area (Å²) in [5, 5.41) is 7.11. The molecule has 98 valence electrons. The van der Waals surface area contributed by atoms with Crippen molar-refractivity contribution in [1.82, 2.24) is 14.8 Å². The van der Waals surface area contributed by atoms with Gasteiger partial charge in [-0.2, -0.15) is 5.10 Å². The van der Waals surface area contributed by atoms with Crippen molar-refractivity contribution < 1.29 is 4.42 Å². The van der Waals surface area contributed by atoms with Crippen molar-refractivity contribution in [1.29, 1.82) is 0 Å². The largest absolute Gasteiger partial charge is 0.419 e. The molecule has 1 aromatic carbocycles. The number of oxazole rings is 1. The Hall–Kier alpha value is -2.34. The normalized spacial score (nSPS) is 11.3. The van der Waals surface area contributed by atoms with Crippen LogP contribution in [-0.4, -0.2) is 14.8 Å². The molecular weight excluding hydrogens is 244 g/mol. The fourth-order valence-electron chi connectivity index (χ4n) is 2.29. The van der Waals surface area contributed by atoms with Gasteiger partial charge in [-0.1, -0.05) is 6.07 Å². The number of fused-ring (bicyclic) bond motifs is 1. The van der Waals surface area contributed by atoms with E-state index in [1.165, 1.54) is 4.57 Å². The zero-order chi connectivity index (χ0) is 13.6. The van der Waals surface area contributed by atoms with Gasteiger partial charge in [-0.3, -0.25) is 9.67 Å². The quantitative estimate of drug-likeness (QED) is 0.724. The minimum Gasteiger partial charge on any atom is -0.408 e. The Labute approximate surface area is 108 Å². The molecule has 0 aliphatic carbocycles. The van der Waals surface area contributed by atoms with E-state index in [4.69, 9.17) is 10.2 Å². The molecule has 0 atom stereocenters. The van der Waals surface area contributed by atoms with E-state index in [-0.39, 0.29) is 5.76 Å². The third kappa shape index (κ3) is 1.68. The Morgan fingerprint density at radius 3 is 3.00 bits per heavy atom. The second-order valence-electron chi connectivity index (χ2n) is 4.48. The van der Waals surface area contributed by atoms with Crippen LogP contribution in [-0.2, 0) is 13.6 Å². The smallest absolute Gasteiger partial charge is 0.408 e. The summed E-state index contributed by atoms with van der Waals surface area (Å²) in [5.74, 6) is -0.366. The van der Waals surface area contributed by atoms with Gasteiger partial charge >= 0.3 is 5.76 Å². The van der Waals surface area contributed by atoms with Crippen molar-refractivity contribution in [2.45, 2.75) is 13.5 Å². The van der Waals surface area contributed by atoms with E-state index in [0.717, 1.165) is 28.0 Å². The fourth-order valence-corrected chi connectivity index (χ4v) is 2.29. The van der Waals surface area contributed by atoms with Gasteiger partial charge < -0.3 is 10.2 Å². The van der Waals surface area contributed by atoms with E-state index in [1.807, 2.05) is 19.1 Å². The summed E-state index contributed by atoms with van der Waals surface area (Å²) in [4.78, 5) is 11.5. The van der Waals surface area contributed by atoms with Crippen molar-refractivity contribution in [2.24, 2.45) is 12.8 Å². The van der Waals surface area contributed by atoms with E-state index >= 15 is 0 Å². The lowest BCUT2D eigenvalue weighted by molar-refractivity contribution is 0.528. The average Bonchev–Trinajstić information content (AvgIpc) is 2.91. The first-order valence-electron chi connectivity index (χ1n) is 5.95. The summed E-state index contributed by atoms with van der Waals surface area (Å²) in [6, 6.07) is 5.61. The minimum absolute atomic E-state index is 0.363. The van der Waals surface area contributed by atoms with Gasteiger partial charge in [-0.05, 0) is 24.6 Å². The molecule has 0 aliphatic rings. The van der Waals surface area contributed by atoms with Crippen molar-refractivity contribution >= 4 is 11.1 Å². The Bertz CT molecular complexity index is 810. The molecule has 3 rings (SSSR count). The van der Waals surface area contributed by atoms with Crippen molar-refractivity contribution in [3.05, 3.63) is 40.1 Å². The first-order valence-corrected chi connectivity index (χ1v) is 5.95. The van der Waals surface area contributed by atoms with Gasteiger partial charge in [0.15, 0.2) is 5.58 Å². The van der Waals surface area contributed by atoms with E-state index in [2.05, 4.69) is 10.2 Å². The van der Waals surface area contributed by atoms with Gasteiger partial charge in [0.05, 0.1) is 11.2 Å². The number of hydrogen-bond acceptors (Lipinski definition) is 4. The molecule has 0 spiro atoms. The molecule has 0 radical (unpaired) electrons. The topological polar surface area (TPSA) is 89.8 Å². The maximum atomic E-state index is 11.5. The number of nitrogens with two attached hydrogens (primary N) is 1. The Balaban J connectivity index is 2.28. The number of aromatic nitrogens is 3. The lowest BCUT2D eigenvalue weighted by Crippen LogP contribution is -2.08. The van der Waals surface area contributed by atoms with Crippen LogP contribution in [0.2, 0.25) is 0 Å². The highest BCUT2D eigenvalue weighted by molar-refractivity contribution is 5.82. The van der Waals surface area contributed by atoms with E-state index in [9.17, 15) is 4.79 Å². The number of aromatic amines is 1. The van der Waals surface area contributed by atoms with Crippen LogP contribution in [0.25, 0.3) is 22.2 Å². The van der Waals surface area contributed by atoms with Gasteiger partial charge in [0.1, 0.15) is 0 Å². The summed E-state index contributed by atoms with van der Waals surface area (Å²) in [7, 11) is 1.68. The van der Waals surface area contributed by atoms with E-state index < -0.39 is 0 Å². The van der Waals surface area contributed by atoms with Crippen molar-refractivity contribution in [3.8, 4) is 11.1 Å². The van der Waals surface area contributed by atoms with Crippen molar-refractivity contribution in [2.75, 3.05) is 0 Å². The second kappa shape index (κ2) is 4.10. The highest BCUT2D eigenvalue weighted by atomic mass is 16.4. The summed E-state index contributed by atoms with van der Waals surface area (Å²) in [6.45, 7) is 2.31. The molecule has 6 heteroatoms. The van der Waals surface area contributed by atoms with E-state index in [0.29, 0.717) is 12.1 Å². The molecule has 0 aliphatic heterocycles. The first kappa shape index (κ1) is 11.7. The van der Waals surface area contributed by atoms with Crippen LogP contribution in [0.4, 0.5) is 0 Å². The highest BCUT2D eigenvalue weighted by Gasteiger charge is 2.13. The predicted octanol–water partition coefficient (Wildman–Crippen LogP) is 1.29. The molecule has 0 amide bonds. The third-order valence-electron chi connectivity index (χ3n) is 3.30. The van der Waals surface area contributed by atoms with Crippen LogP contribution in [0, 0.1) is 6.92 Å². The standard InChI is InChI=1S/C13H14N4O2/c1-7-12(9(6-14)16-15-7)8-3-4-11-10(5-8)17(2)13(18)19-11/h3-5H,6,14H2,1-2H3,(H,15,16). The van der Waals surface area contributed by atoms with Crippen LogP contribution in [0.15, 0.2) is 27.4 Å². The SMILES string of the molecule is Cc1[nH]nc(CN)c1-c1ccc2oc(=O)n(C)c2c1. The number of hydrogen-bond donors (Lipinski definition) is 2.